The van der Waals surface area contributed by atoms with Crippen LogP contribution in [0.2, 0.25) is 5.02 Å². The maximum Gasteiger partial charge on any atom is 0.279 e. The number of carbonyl (C=O) groups excluding carboxylic acids is 1. The Hall–Kier alpha value is -1.80. The van der Waals surface area contributed by atoms with Gasteiger partial charge in [-0.15, -0.1) is 11.3 Å². The zero-order chi connectivity index (χ0) is 17.3. The highest BCUT2D eigenvalue weighted by molar-refractivity contribution is 7.86. The standard InChI is InChI=1S/C16H12ClNO4S2/c17-11-6-7-12-14(8-11)23-15(18-12)9-13(19)16(24(20,21)22)10-4-2-1-3-5-10/h1-8,16H,9H2,(H,20,21,22). The number of carbonyl (C=O) groups is 1. The van der Waals surface area contributed by atoms with Crippen LogP contribution in [0.15, 0.2) is 48.5 Å². The Labute approximate surface area is 147 Å². The number of rotatable bonds is 5. The van der Waals surface area contributed by atoms with Crippen LogP contribution in [0.5, 0.6) is 0 Å². The van der Waals surface area contributed by atoms with Crippen molar-refractivity contribution in [2.24, 2.45) is 0 Å². The zero-order valence-electron chi connectivity index (χ0n) is 12.2. The highest BCUT2D eigenvalue weighted by Crippen LogP contribution is 2.28. The van der Waals surface area contributed by atoms with Crippen molar-refractivity contribution >= 4 is 49.1 Å². The topological polar surface area (TPSA) is 84.3 Å². The van der Waals surface area contributed by atoms with Gasteiger partial charge in [-0.2, -0.15) is 8.42 Å². The summed E-state index contributed by atoms with van der Waals surface area (Å²) in [4.78, 5) is 16.8. The molecule has 0 saturated heterocycles. The molecule has 124 valence electrons. The molecular formula is C16H12ClNO4S2. The maximum atomic E-state index is 12.5. The summed E-state index contributed by atoms with van der Waals surface area (Å²) in [5.41, 5.74) is 0.921. The SMILES string of the molecule is O=C(Cc1nc2ccc(Cl)cc2s1)C(c1ccccc1)S(=O)(=O)O. The molecule has 1 aromatic heterocycles. The molecule has 0 aliphatic carbocycles. The van der Waals surface area contributed by atoms with E-state index in [0.29, 0.717) is 15.5 Å². The third-order valence-corrected chi connectivity index (χ3v) is 5.80. The highest BCUT2D eigenvalue weighted by atomic mass is 35.5. The predicted molar refractivity (Wildman–Crippen MR) is 94.1 cm³/mol. The third-order valence-electron chi connectivity index (χ3n) is 3.41. The molecule has 5 nitrogen and oxygen atoms in total. The Morgan fingerprint density at radius 1 is 1.21 bits per heavy atom. The Bertz CT molecular complexity index is 999. The Morgan fingerprint density at radius 3 is 2.58 bits per heavy atom. The lowest BCUT2D eigenvalue weighted by Gasteiger charge is -2.12. The van der Waals surface area contributed by atoms with Gasteiger partial charge in [-0.25, -0.2) is 4.98 Å². The molecule has 8 heteroatoms. The maximum absolute atomic E-state index is 12.5. The average Bonchev–Trinajstić information content (AvgIpc) is 2.88. The van der Waals surface area contributed by atoms with E-state index in [1.165, 1.54) is 23.5 Å². The fourth-order valence-electron chi connectivity index (χ4n) is 2.42. The lowest BCUT2D eigenvalue weighted by Crippen LogP contribution is -2.23. The number of aromatic nitrogens is 1. The van der Waals surface area contributed by atoms with E-state index in [0.717, 1.165) is 4.70 Å². The zero-order valence-corrected chi connectivity index (χ0v) is 14.6. The number of fused-ring (bicyclic) bond motifs is 1. The van der Waals surface area contributed by atoms with Crippen molar-refractivity contribution < 1.29 is 17.8 Å². The summed E-state index contributed by atoms with van der Waals surface area (Å²) in [6.07, 6.45) is -0.184. The molecule has 1 atom stereocenters. The summed E-state index contributed by atoms with van der Waals surface area (Å²) in [5, 5.41) is -0.583. The third kappa shape index (κ3) is 3.64. The van der Waals surface area contributed by atoms with Crippen LogP contribution in [-0.2, 0) is 21.3 Å². The minimum absolute atomic E-state index is 0.184. The number of benzene rings is 2. The lowest BCUT2D eigenvalue weighted by atomic mass is 10.1. The van der Waals surface area contributed by atoms with E-state index >= 15 is 0 Å². The van der Waals surface area contributed by atoms with Crippen molar-refractivity contribution in [1.82, 2.24) is 4.98 Å². The summed E-state index contributed by atoms with van der Waals surface area (Å²) >= 11 is 7.19. The second-order valence-corrected chi connectivity index (χ2v) is 8.22. The normalized spacial score (nSPS) is 13.1. The van der Waals surface area contributed by atoms with E-state index in [-0.39, 0.29) is 12.0 Å². The molecule has 0 saturated carbocycles. The van der Waals surface area contributed by atoms with E-state index < -0.39 is 21.2 Å². The molecular weight excluding hydrogens is 370 g/mol. The summed E-state index contributed by atoms with van der Waals surface area (Å²) in [6.45, 7) is 0. The molecule has 0 radical (unpaired) electrons. The van der Waals surface area contributed by atoms with Gasteiger partial charge in [-0.1, -0.05) is 41.9 Å². The minimum Gasteiger partial charge on any atom is -0.297 e. The van der Waals surface area contributed by atoms with Crippen LogP contribution >= 0.6 is 22.9 Å². The van der Waals surface area contributed by atoms with Crippen molar-refractivity contribution in [3.05, 3.63) is 64.1 Å². The Balaban J connectivity index is 1.93. The van der Waals surface area contributed by atoms with Crippen LogP contribution in [-0.4, -0.2) is 23.7 Å². The van der Waals surface area contributed by atoms with Crippen LogP contribution in [0, 0.1) is 0 Å². The van der Waals surface area contributed by atoms with E-state index in [9.17, 15) is 17.8 Å². The fraction of sp³-hybridized carbons (Fsp3) is 0.125. The number of nitrogens with zero attached hydrogens (tertiary/aromatic N) is 1. The fourth-order valence-corrected chi connectivity index (χ4v) is 4.59. The second-order valence-electron chi connectivity index (χ2n) is 5.17. The van der Waals surface area contributed by atoms with Crippen LogP contribution in [0.4, 0.5) is 0 Å². The van der Waals surface area contributed by atoms with Gasteiger partial charge in [0.15, 0.2) is 11.0 Å². The van der Waals surface area contributed by atoms with Crippen molar-refractivity contribution in [2.45, 2.75) is 11.7 Å². The first-order valence-electron chi connectivity index (χ1n) is 6.93. The van der Waals surface area contributed by atoms with E-state index in [1.807, 2.05) is 0 Å². The first kappa shape index (κ1) is 17.0. The van der Waals surface area contributed by atoms with Gasteiger partial charge in [0.05, 0.1) is 16.6 Å². The van der Waals surface area contributed by atoms with Crippen molar-refractivity contribution in [3.8, 4) is 0 Å². The molecule has 3 aromatic rings. The molecule has 2 aromatic carbocycles. The molecule has 3 rings (SSSR count). The largest absolute Gasteiger partial charge is 0.297 e. The van der Waals surface area contributed by atoms with Gasteiger partial charge in [0.1, 0.15) is 5.01 Å². The summed E-state index contributed by atoms with van der Waals surface area (Å²) in [6, 6.07) is 13.1. The number of thiazole rings is 1. The highest BCUT2D eigenvalue weighted by Gasteiger charge is 2.32. The van der Waals surface area contributed by atoms with Crippen LogP contribution < -0.4 is 0 Å². The van der Waals surface area contributed by atoms with Gasteiger partial charge in [0, 0.05) is 5.02 Å². The molecule has 1 unspecified atom stereocenters. The van der Waals surface area contributed by atoms with Crippen molar-refractivity contribution in [3.63, 3.8) is 0 Å². The van der Waals surface area contributed by atoms with Crippen molar-refractivity contribution in [2.75, 3.05) is 0 Å². The summed E-state index contributed by atoms with van der Waals surface area (Å²) < 4.78 is 33.6. The van der Waals surface area contributed by atoms with E-state index in [4.69, 9.17) is 11.6 Å². The smallest absolute Gasteiger partial charge is 0.279 e. The van der Waals surface area contributed by atoms with Crippen LogP contribution in [0.25, 0.3) is 10.2 Å². The molecule has 1 heterocycles. The average molecular weight is 382 g/mol. The van der Waals surface area contributed by atoms with Gasteiger partial charge in [0.2, 0.25) is 0 Å². The summed E-state index contributed by atoms with van der Waals surface area (Å²) in [7, 11) is -4.57. The molecule has 0 aliphatic rings. The van der Waals surface area contributed by atoms with Gasteiger partial charge in [0.25, 0.3) is 10.1 Å². The predicted octanol–water partition coefficient (Wildman–Crippen LogP) is 3.69. The first-order chi connectivity index (χ1) is 11.3. The van der Waals surface area contributed by atoms with E-state index in [2.05, 4.69) is 4.98 Å². The Morgan fingerprint density at radius 2 is 1.92 bits per heavy atom. The molecule has 0 amide bonds. The van der Waals surface area contributed by atoms with E-state index in [1.54, 1.807) is 36.4 Å². The molecule has 0 spiro atoms. The number of halogens is 1. The molecule has 1 N–H and O–H groups in total. The van der Waals surface area contributed by atoms with Crippen molar-refractivity contribution in [1.29, 1.82) is 0 Å². The van der Waals surface area contributed by atoms with Crippen LogP contribution in [0.3, 0.4) is 0 Å². The second kappa shape index (κ2) is 6.60. The number of ketones is 1. The molecule has 0 bridgehead atoms. The number of hydrogen-bond donors (Lipinski definition) is 1. The molecule has 0 aliphatic heterocycles. The number of hydrogen-bond acceptors (Lipinski definition) is 5. The van der Waals surface area contributed by atoms with Gasteiger partial charge in [-0.05, 0) is 23.8 Å². The Kier molecular flexibility index (Phi) is 4.69. The first-order valence-corrected chi connectivity index (χ1v) is 9.63. The molecule has 24 heavy (non-hydrogen) atoms. The number of Topliss-reactive ketones (excluding diaryl/α,β-unsaturated/α-hetero) is 1. The van der Waals surface area contributed by atoms with Gasteiger partial charge < -0.3 is 0 Å². The monoisotopic (exact) mass is 381 g/mol. The van der Waals surface area contributed by atoms with Gasteiger partial charge in [-0.3, -0.25) is 9.35 Å². The van der Waals surface area contributed by atoms with Crippen LogP contribution in [0.1, 0.15) is 15.8 Å². The minimum atomic E-state index is -4.57. The lowest BCUT2D eigenvalue weighted by molar-refractivity contribution is -0.118. The van der Waals surface area contributed by atoms with Gasteiger partial charge >= 0.3 is 0 Å². The summed E-state index contributed by atoms with van der Waals surface area (Å²) in [5.74, 6) is -0.631. The quantitative estimate of drug-likeness (QED) is 0.681. The molecule has 0 fully saturated rings.